The van der Waals surface area contributed by atoms with Crippen molar-refractivity contribution >= 4 is 40.9 Å². The normalized spacial score (nSPS) is 18.0. The Morgan fingerprint density at radius 1 is 0.841 bits per heavy atom. The molecule has 4 atom stereocenters. The summed E-state index contributed by atoms with van der Waals surface area (Å²) in [6.07, 6.45) is 3.14. The van der Waals surface area contributed by atoms with Crippen LogP contribution in [0, 0.1) is 11.8 Å². The predicted molar refractivity (Wildman–Crippen MR) is 164 cm³/mol. The number of nitrogens with one attached hydrogen (secondary N) is 4. The molecule has 3 aromatic carbocycles. The smallest absolute Gasteiger partial charge is 0.408 e. The molecule has 3 aromatic rings. The fraction of sp³-hybridized carbons (Fsp3) is 0.382. The number of amides is 4. The number of carbonyl (C=O) groups is 5. The van der Waals surface area contributed by atoms with E-state index in [9.17, 15) is 24.0 Å². The summed E-state index contributed by atoms with van der Waals surface area (Å²) in [4.78, 5) is 64.0. The van der Waals surface area contributed by atoms with Gasteiger partial charge in [0.2, 0.25) is 17.7 Å². The zero-order valence-corrected chi connectivity index (χ0v) is 24.5. The van der Waals surface area contributed by atoms with Gasteiger partial charge in [-0.2, -0.15) is 0 Å². The number of hydrogen-bond acceptors (Lipinski definition) is 6. The molecule has 2 fully saturated rings. The molecule has 230 valence electrons. The van der Waals surface area contributed by atoms with Crippen LogP contribution in [-0.2, 0) is 36.9 Å². The molecule has 1 aliphatic carbocycles. The molecule has 10 nitrogen and oxygen atoms in total. The van der Waals surface area contributed by atoms with Gasteiger partial charge in [-0.3, -0.25) is 14.4 Å². The van der Waals surface area contributed by atoms with E-state index in [4.69, 9.17) is 4.74 Å². The first-order chi connectivity index (χ1) is 21.4. The Balaban J connectivity index is 1.30. The van der Waals surface area contributed by atoms with Crippen LogP contribution in [0.2, 0.25) is 0 Å². The molecule has 2 aliphatic rings. The Morgan fingerprint density at radius 2 is 1.57 bits per heavy atom. The molecule has 4 amide bonds. The third kappa shape index (κ3) is 8.43. The lowest BCUT2D eigenvalue weighted by Crippen LogP contribution is -2.56. The van der Waals surface area contributed by atoms with E-state index in [-0.39, 0.29) is 37.2 Å². The van der Waals surface area contributed by atoms with Gasteiger partial charge < -0.3 is 30.8 Å². The number of hydrogen-bond donors (Lipinski definition) is 4. The van der Waals surface area contributed by atoms with Gasteiger partial charge in [0, 0.05) is 18.9 Å². The van der Waals surface area contributed by atoms with E-state index >= 15 is 0 Å². The van der Waals surface area contributed by atoms with Crippen molar-refractivity contribution in [1.29, 1.82) is 0 Å². The molecule has 5 rings (SSSR count). The summed E-state index contributed by atoms with van der Waals surface area (Å²) in [7, 11) is 0. The van der Waals surface area contributed by atoms with Crippen LogP contribution in [0.15, 0.2) is 72.8 Å². The summed E-state index contributed by atoms with van der Waals surface area (Å²) in [6, 6.07) is 20.0. The first-order valence-corrected chi connectivity index (χ1v) is 15.2. The van der Waals surface area contributed by atoms with E-state index in [0.29, 0.717) is 25.7 Å². The molecule has 0 radical (unpaired) electrons. The maximum Gasteiger partial charge on any atom is 0.408 e. The number of aldehydes is 1. The van der Waals surface area contributed by atoms with Gasteiger partial charge in [-0.15, -0.1) is 0 Å². The topological polar surface area (TPSA) is 143 Å². The monoisotopic (exact) mass is 598 g/mol. The summed E-state index contributed by atoms with van der Waals surface area (Å²) in [6.45, 7) is 0.580. The quantitative estimate of drug-likeness (QED) is 0.210. The van der Waals surface area contributed by atoms with E-state index in [1.54, 1.807) is 0 Å². The maximum atomic E-state index is 13.8. The van der Waals surface area contributed by atoms with Crippen molar-refractivity contribution in [3.63, 3.8) is 0 Å². The minimum absolute atomic E-state index is 0.0358. The lowest BCUT2D eigenvalue weighted by Gasteiger charge is -2.25. The minimum atomic E-state index is -1.04. The van der Waals surface area contributed by atoms with Gasteiger partial charge in [0.25, 0.3) is 0 Å². The Hall–Kier alpha value is -4.73. The van der Waals surface area contributed by atoms with Crippen LogP contribution in [0.25, 0.3) is 10.8 Å². The fourth-order valence-electron chi connectivity index (χ4n) is 5.61. The standard InChI is InChI=1S/C34H38N4O6/c39-20-27(18-26-15-16-35-31(26)40)36-32(41)29(17-22-13-14-22)37-33(42)30(38-34(43)44-21-23-7-2-1-3-8-23)19-25-11-6-10-24-9-4-5-12-28(24)25/h1-12,20,22,26-27,29-30H,13-19,21H2,(H,35,40)(H,36,41)(H,37,42)(H,38,43)/t26-,27-,29-,30-/m0/s1. The lowest BCUT2D eigenvalue weighted by molar-refractivity contribution is -0.131. The Kier molecular flexibility index (Phi) is 10.2. The van der Waals surface area contributed by atoms with E-state index in [2.05, 4.69) is 21.3 Å². The third-order valence-corrected chi connectivity index (χ3v) is 8.22. The number of benzene rings is 3. The highest BCUT2D eigenvalue weighted by Gasteiger charge is 2.35. The summed E-state index contributed by atoms with van der Waals surface area (Å²) in [5.41, 5.74) is 1.66. The van der Waals surface area contributed by atoms with Crippen molar-refractivity contribution in [3.05, 3.63) is 83.9 Å². The molecule has 4 N–H and O–H groups in total. The largest absolute Gasteiger partial charge is 0.445 e. The maximum absolute atomic E-state index is 13.8. The molecule has 44 heavy (non-hydrogen) atoms. The van der Waals surface area contributed by atoms with Gasteiger partial charge in [-0.25, -0.2) is 4.79 Å². The molecular formula is C34H38N4O6. The average molecular weight is 599 g/mol. The Morgan fingerprint density at radius 3 is 2.30 bits per heavy atom. The highest BCUT2D eigenvalue weighted by molar-refractivity contribution is 5.93. The first-order valence-electron chi connectivity index (χ1n) is 15.2. The summed E-state index contributed by atoms with van der Waals surface area (Å²) >= 11 is 0. The molecule has 1 heterocycles. The highest BCUT2D eigenvalue weighted by Crippen LogP contribution is 2.33. The van der Waals surface area contributed by atoms with Crippen molar-refractivity contribution < 1.29 is 28.7 Å². The van der Waals surface area contributed by atoms with E-state index in [1.165, 1.54) is 0 Å². The Bertz CT molecular complexity index is 1490. The molecule has 1 saturated heterocycles. The molecule has 0 unspecified atom stereocenters. The SMILES string of the molecule is O=C[C@H](C[C@@H]1CCNC1=O)NC(=O)[C@H](CC1CC1)NC(=O)[C@H](Cc1cccc2ccccc12)NC(=O)OCc1ccccc1. The van der Waals surface area contributed by atoms with Crippen molar-refractivity contribution in [1.82, 2.24) is 21.3 Å². The van der Waals surface area contributed by atoms with Gasteiger partial charge in [0.15, 0.2) is 0 Å². The summed E-state index contributed by atoms with van der Waals surface area (Å²) < 4.78 is 5.42. The van der Waals surface area contributed by atoms with Gasteiger partial charge in [0.1, 0.15) is 25.0 Å². The van der Waals surface area contributed by atoms with Crippen LogP contribution < -0.4 is 21.3 Å². The molecule has 10 heteroatoms. The molecule has 1 saturated carbocycles. The van der Waals surface area contributed by atoms with Gasteiger partial charge in [0.05, 0.1) is 6.04 Å². The lowest BCUT2D eigenvalue weighted by atomic mass is 9.97. The second-order valence-electron chi connectivity index (χ2n) is 11.6. The van der Waals surface area contributed by atoms with Crippen molar-refractivity contribution in [3.8, 4) is 0 Å². The number of alkyl carbamates (subject to hydrolysis) is 1. The second kappa shape index (κ2) is 14.6. The van der Waals surface area contributed by atoms with E-state index in [1.807, 2.05) is 72.8 Å². The number of rotatable bonds is 14. The highest BCUT2D eigenvalue weighted by atomic mass is 16.5. The van der Waals surface area contributed by atoms with Crippen LogP contribution in [-0.4, -0.2) is 54.8 Å². The molecular weight excluding hydrogens is 560 g/mol. The van der Waals surface area contributed by atoms with Crippen LogP contribution in [0.4, 0.5) is 4.79 Å². The summed E-state index contributed by atoms with van der Waals surface area (Å²) in [5, 5.41) is 13.0. The molecule has 0 bridgehead atoms. The first kappa shape index (κ1) is 30.7. The van der Waals surface area contributed by atoms with E-state index < -0.39 is 36.0 Å². The van der Waals surface area contributed by atoms with Crippen molar-refractivity contribution in [2.45, 2.75) is 63.3 Å². The Labute approximate surface area is 256 Å². The van der Waals surface area contributed by atoms with Crippen molar-refractivity contribution in [2.75, 3.05) is 6.54 Å². The van der Waals surface area contributed by atoms with Gasteiger partial charge in [-0.05, 0) is 47.1 Å². The predicted octanol–water partition coefficient (Wildman–Crippen LogP) is 3.17. The third-order valence-electron chi connectivity index (χ3n) is 8.22. The average Bonchev–Trinajstić information content (AvgIpc) is 3.78. The van der Waals surface area contributed by atoms with Crippen LogP contribution in [0.3, 0.4) is 0 Å². The zero-order chi connectivity index (χ0) is 30.9. The number of fused-ring (bicyclic) bond motifs is 1. The van der Waals surface area contributed by atoms with Crippen LogP contribution in [0.1, 0.15) is 43.2 Å². The molecule has 1 aliphatic heterocycles. The number of carbonyl (C=O) groups excluding carboxylic acids is 5. The van der Waals surface area contributed by atoms with Crippen LogP contribution >= 0.6 is 0 Å². The molecule has 0 aromatic heterocycles. The van der Waals surface area contributed by atoms with Crippen LogP contribution in [0.5, 0.6) is 0 Å². The molecule has 0 spiro atoms. The zero-order valence-electron chi connectivity index (χ0n) is 24.5. The minimum Gasteiger partial charge on any atom is -0.445 e. The fourth-order valence-corrected chi connectivity index (χ4v) is 5.61. The second-order valence-corrected chi connectivity index (χ2v) is 11.6. The van der Waals surface area contributed by atoms with Crippen molar-refractivity contribution in [2.24, 2.45) is 11.8 Å². The van der Waals surface area contributed by atoms with E-state index in [0.717, 1.165) is 34.7 Å². The number of ether oxygens (including phenoxy) is 1. The van der Waals surface area contributed by atoms with Gasteiger partial charge in [-0.1, -0.05) is 85.6 Å². The van der Waals surface area contributed by atoms with Gasteiger partial charge >= 0.3 is 6.09 Å². The summed E-state index contributed by atoms with van der Waals surface area (Å²) in [5.74, 6) is -1.22.